The van der Waals surface area contributed by atoms with Crippen LogP contribution in [0.4, 0.5) is 9.52 Å². The minimum Gasteiger partial charge on any atom is -0.348 e. The number of rotatable bonds is 3. The zero-order valence-electron chi connectivity index (χ0n) is 16.1. The molecule has 1 saturated heterocycles. The van der Waals surface area contributed by atoms with Crippen LogP contribution in [0, 0.1) is 5.82 Å². The van der Waals surface area contributed by atoms with E-state index in [0.29, 0.717) is 38.7 Å². The lowest BCUT2D eigenvalue weighted by Gasteiger charge is -2.31. The molecule has 0 unspecified atom stereocenters. The van der Waals surface area contributed by atoms with Crippen LogP contribution < -0.4 is 15.8 Å². The van der Waals surface area contributed by atoms with Crippen molar-refractivity contribution >= 4 is 37.7 Å². The van der Waals surface area contributed by atoms with Crippen molar-refractivity contribution in [3.05, 3.63) is 34.5 Å². The van der Waals surface area contributed by atoms with Crippen LogP contribution in [0.3, 0.4) is 0 Å². The first-order valence-corrected chi connectivity index (χ1v) is 10.3. The maximum Gasteiger partial charge on any atom is 0.278 e. The van der Waals surface area contributed by atoms with Crippen LogP contribution in [0.2, 0.25) is 0 Å². The Morgan fingerprint density at radius 2 is 2.03 bits per heavy atom. The normalized spacial score (nSPS) is 15.4. The first-order valence-electron chi connectivity index (χ1n) is 9.47. The number of piperidine rings is 1. The molecule has 1 aliphatic rings. The molecule has 1 aromatic carbocycles. The second-order valence-corrected chi connectivity index (χ2v) is 8.31. The highest BCUT2D eigenvalue weighted by atomic mass is 32.1. The summed E-state index contributed by atoms with van der Waals surface area (Å²) >= 11 is 1.39. The van der Waals surface area contributed by atoms with Gasteiger partial charge in [-0.3, -0.25) is 9.48 Å². The third-order valence-electron chi connectivity index (χ3n) is 5.37. The van der Waals surface area contributed by atoms with E-state index in [-0.39, 0.29) is 5.56 Å². The van der Waals surface area contributed by atoms with Crippen LogP contribution in [0.15, 0.2) is 23.1 Å². The highest BCUT2D eigenvalue weighted by molar-refractivity contribution is 7.21. The van der Waals surface area contributed by atoms with Crippen LogP contribution in [0.25, 0.3) is 32.6 Å². The Balaban J connectivity index is 1.57. The molecule has 0 amide bonds. The van der Waals surface area contributed by atoms with E-state index >= 15 is 0 Å². The number of aromatic nitrogens is 5. The molecule has 3 aromatic heterocycles. The summed E-state index contributed by atoms with van der Waals surface area (Å²) in [7, 11) is 3.75. The predicted molar refractivity (Wildman–Crippen MR) is 112 cm³/mol. The molecule has 1 fully saturated rings. The SMILES string of the molecule is CN(c1nc2c(=O)[nH]c(-c3cc(F)c4nn(C)cc4c3)nc2s1)C1CCNCC1. The zero-order valence-corrected chi connectivity index (χ0v) is 16.9. The summed E-state index contributed by atoms with van der Waals surface area (Å²) in [4.78, 5) is 27.2. The van der Waals surface area contributed by atoms with Gasteiger partial charge in [0, 0.05) is 37.3 Å². The topological polar surface area (TPSA) is 91.7 Å². The van der Waals surface area contributed by atoms with Crippen LogP contribution in [0.5, 0.6) is 0 Å². The van der Waals surface area contributed by atoms with E-state index < -0.39 is 5.82 Å². The number of H-pyrrole nitrogens is 1. The Morgan fingerprint density at radius 3 is 2.83 bits per heavy atom. The van der Waals surface area contributed by atoms with Gasteiger partial charge in [-0.1, -0.05) is 11.3 Å². The fourth-order valence-electron chi connectivity index (χ4n) is 3.81. The highest BCUT2D eigenvalue weighted by Crippen LogP contribution is 2.30. The van der Waals surface area contributed by atoms with Gasteiger partial charge in [0.15, 0.2) is 21.3 Å². The number of aromatic amines is 1. The van der Waals surface area contributed by atoms with Crippen molar-refractivity contribution in [2.24, 2.45) is 7.05 Å². The average Bonchev–Trinajstić information content (AvgIpc) is 3.31. The number of hydrogen-bond acceptors (Lipinski definition) is 7. The van der Waals surface area contributed by atoms with Gasteiger partial charge in [0.25, 0.3) is 5.56 Å². The molecule has 1 aliphatic heterocycles. The summed E-state index contributed by atoms with van der Waals surface area (Å²) in [5, 5.41) is 8.89. The number of aryl methyl sites for hydroxylation is 1. The van der Waals surface area contributed by atoms with E-state index in [9.17, 15) is 9.18 Å². The van der Waals surface area contributed by atoms with Crippen LogP contribution in [0.1, 0.15) is 12.8 Å². The molecule has 2 N–H and O–H groups in total. The molecular weight excluding hydrogens is 393 g/mol. The average molecular weight is 413 g/mol. The van der Waals surface area contributed by atoms with Crippen LogP contribution >= 0.6 is 11.3 Å². The van der Waals surface area contributed by atoms with Crippen molar-refractivity contribution in [3.63, 3.8) is 0 Å². The Labute approximate surface area is 169 Å². The first-order chi connectivity index (χ1) is 14.0. The summed E-state index contributed by atoms with van der Waals surface area (Å²) in [6.07, 6.45) is 3.80. The number of nitrogens with zero attached hydrogens (tertiary/aromatic N) is 5. The van der Waals surface area contributed by atoms with Gasteiger partial charge in [0.1, 0.15) is 11.3 Å². The largest absolute Gasteiger partial charge is 0.348 e. The third kappa shape index (κ3) is 3.18. The van der Waals surface area contributed by atoms with E-state index in [1.54, 1.807) is 24.0 Å². The molecule has 0 saturated carbocycles. The number of fused-ring (bicyclic) bond motifs is 2. The molecule has 0 aliphatic carbocycles. The molecule has 4 heterocycles. The van der Waals surface area contributed by atoms with Crippen molar-refractivity contribution in [2.75, 3.05) is 25.0 Å². The smallest absolute Gasteiger partial charge is 0.278 e. The van der Waals surface area contributed by atoms with Crippen LogP contribution in [-0.2, 0) is 7.05 Å². The molecule has 5 rings (SSSR count). The Bertz CT molecular complexity index is 1270. The van der Waals surface area contributed by atoms with Crippen molar-refractivity contribution < 1.29 is 4.39 Å². The second-order valence-electron chi connectivity index (χ2n) is 7.36. The maximum atomic E-state index is 14.5. The van der Waals surface area contributed by atoms with Gasteiger partial charge in [0.05, 0.1) is 0 Å². The number of benzene rings is 1. The first kappa shape index (κ1) is 18.2. The van der Waals surface area contributed by atoms with Crippen molar-refractivity contribution in [1.29, 1.82) is 0 Å². The van der Waals surface area contributed by atoms with E-state index in [0.717, 1.165) is 31.1 Å². The Hall–Kier alpha value is -2.85. The molecule has 0 radical (unpaired) electrons. The summed E-state index contributed by atoms with van der Waals surface area (Å²) in [6, 6.07) is 3.51. The minimum absolute atomic E-state index is 0.295. The van der Waals surface area contributed by atoms with E-state index in [1.165, 1.54) is 17.4 Å². The lowest BCUT2D eigenvalue weighted by Crippen LogP contribution is -2.41. The summed E-state index contributed by atoms with van der Waals surface area (Å²) in [5.41, 5.74) is 0.794. The van der Waals surface area contributed by atoms with Crippen molar-refractivity contribution in [1.82, 2.24) is 30.0 Å². The highest BCUT2D eigenvalue weighted by Gasteiger charge is 2.22. The Morgan fingerprint density at radius 1 is 1.24 bits per heavy atom. The van der Waals surface area contributed by atoms with Gasteiger partial charge in [-0.2, -0.15) is 5.10 Å². The van der Waals surface area contributed by atoms with E-state index in [2.05, 4.69) is 30.3 Å². The zero-order chi connectivity index (χ0) is 20.1. The van der Waals surface area contributed by atoms with Gasteiger partial charge in [0.2, 0.25) is 0 Å². The number of thiazole rings is 1. The van der Waals surface area contributed by atoms with Gasteiger partial charge >= 0.3 is 0 Å². The van der Waals surface area contributed by atoms with Gasteiger partial charge in [-0.15, -0.1) is 0 Å². The quantitative estimate of drug-likeness (QED) is 0.535. The summed E-state index contributed by atoms with van der Waals surface area (Å²) < 4.78 is 16.0. The van der Waals surface area contributed by atoms with Gasteiger partial charge in [-0.05, 0) is 38.1 Å². The fourth-order valence-corrected chi connectivity index (χ4v) is 4.78. The number of anilines is 1. The molecule has 29 heavy (non-hydrogen) atoms. The maximum absolute atomic E-state index is 14.5. The second kappa shape index (κ2) is 6.89. The molecule has 0 bridgehead atoms. The number of hydrogen-bond donors (Lipinski definition) is 2. The van der Waals surface area contributed by atoms with Crippen LogP contribution in [-0.4, -0.2) is 50.9 Å². The lowest BCUT2D eigenvalue weighted by atomic mass is 10.1. The molecule has 10 heteroatoms. The minimum atomic E-state index is -0.448. The monoisotopic (exact) mass is 413 g/mol. The van der Waals surface area contributed by atoms with Gasteiger partial charge in [-0.25, -0.2) is 14.4 Å². The molecule has 4 aromatic rings. The van der Waals surface area contributed by atoms with Crippen molar-refractivity contribution in [2.45, 2.75) is 18.9 Å². The Kier molecular flexibility index (Phi) is 4.32. The summed E-state index contributed by atoms with van der Waals surface area (Å²) in [5.74, 6) is -0.122. The van der Waals surface area contributed by atoms with Crippen molar-refractivity contribution in [3.8, 4) is 11.4 Å². The molecule has 0 atom stereocenters. The molecule has 150 valence electrons. The molecular formula is C19H20FN7OS. The summed E-state index contributed by atoms with van der Waals surface area (Å²) in [6.45, 7) is 1.95. The number of nitrogens with one attached hydrogen (secondary N) is 2. The lowest BCUT2D eigenvalue weighted by molar-refractivity contribution is 0.443. The molecule has 8 nitrogen and oxygen atoms in total. The third-order valence-corrected chi connectivity index (χ3v) is 6.41. The fraction of sp³-hybridized carbons (Fsp3) is 0.368. The van der Waals surface area contributed by atoms with Gasteiger partial charge < -0.3 is 15.2 Å². The predicted octanol–water partition coefficient (Wildman–Crippen LogP) is 2.26. The van der Waals surface area contributed by atoms with E-state index in [4.69, 9.17) is 0 Å². The standard InChI is InChI=1S/C19H20FN7OS/c1-26-9-11-7-10(8-13(20)14(11)25-26)16-23-17(28)15-18(24-16)29-19(22-15)27(2)12-3-5-21-6-4-12/h7-9,12,21H,3-6H2,1-2H3,(H,23,24,28). The number of halogens is 1. The molecule has 0 spiro atoms. The van der Waals surface area contributed by atoms with E-state index in [1.807, 2.05) is 7.05 Å².